The molecule has 10 heteroatoms. The van der Waals surface area contributed by atoms with Crippen molar-refractivity contribution in [2.75, 3.05) is 0 Å². The second-order valence-electron chi connectivity index (χ2n) is 10.7. The van der Waals surface area contributed by atoms with Crippen LogP contribution in [0.3, 0.4) is 0 Å². The van der Waals surface area contributed by atoms with Crippen molar-refractivity contribution in [2.24, 2.45) is 23.5 Å². The molecule has 2 rings (SSSR count). The third kappa shape index (κ3) is 9.87. The molecule has 3 N–H and O–H groups in total. The molecule has 2 aromatic rings. The third-order valence-electron chi connectivity index (χ3n) is 7.23. The van der Waals surface area contributed by atoms with Crippen LogP contribution in [0.2, 0.25) is 0 Å². The smallest absolute Gasteiger partial charge is 0.480 e. The third-order valence-corrected chi connectivity index (χ3v) is 7.23. The van der Waals surface area contributed by atoms with Gasteiger partial charge >= 0.3 is 24.1 Å². The summed E-state index contributed by atoms with van der Waals surface area (Å²) >= 11 is 0. The summed E-state index contributed by atoms with van der Waals surface area (Å²) < 4.78 is 22.0. The SMILES string of the molecule is CCCC(C)C(=O)Oc1ccc(C(C(C)C(C)OC(=O)Oc2ccccc2)[C@H](N)C(=O)O)cc1OC(=O)C(C)CCC. The zero-order valence-electron chi connectivity index (χ0n) is 25.2. The minimum Gasteiger partial charge on any atom is -0.480 e. The Bertz CT molecular complexity index is 1200. The average Bonchev–Trinajstić information content (AvgIpc) is 2.94. The molecule has 42 heavy (non-hydrogen) atoms. The van der Waals surface area contributed by atoms with E-state index in [1.165, 1.54) is 12.1 Å². The van der Waals surface area contributed by atoms with E-state index in [9.17, 15) is 24.3 Å². The van der Waals surface area contributed by atoms with Crippen LogP contribution >= 0.6 is 0 Å². The number of carboxylic acid groups (broad SMARTS) is 1. The summed E-state index contributed by atoms with van der Waals surface area (Å²) in [6.07, 6.45) is 1.00. The summed E-state index contributed by atoms with van der Waals surface area (Å²) in [7, 11) is 0. The predicted octanol–water partition coefficient (Wildman–Crippen LogP) is 6.11. The lowest BCUT2D eigenvalue weighted by Gasteiger charge is -2.31. The fourth-order valence-electron chi connectivity index (χ4n) is 4.57. The zero-order valence-corrected chi connectivity index (χ0v) is 25.2. The van der Waals surface area contributed by atoms with Gasteiger partial charge in [0.15, 0.2) is 11.5 Å². The number of benzene rings is 2. The van der Waals surface area contributed by atoms with Crippen LogP contribution in [-0.2, 0) is 19.1 Å². The lowest BCUT2D eigenvalue weighted by molar-refractivity contribution is -0.141. The Morgan fingerprint density at radius 3 is 1.86 bits per heavy atom. The van der Waals surface area contributed by atoms with E-state index in [4.69, 9.17) is 24.7 Å². The molecule has 2 aromatic carbocycles. The maximum atomic E-state index is 12.9. The van der Waals surface area contributed by atoms with Gasteiger partial charge in [0.1, 0.15) is 17.9 Å². The summed E-state index contributed by atoms with van der Waals surface area (Å²) in [5.41, 5.74) is 6.55. The van der Waals surface area contributed by atoms with Gasteiger partial charge in [0.25, 0.3) is 0 Å². The molecule has 0 radical (unpaired) electrons. The number of ether oxygens (including phenoxy) is 4. The molecule has 10 nitrogen and oxygen atoms in total. The quantitative estimate of drug-likeness (QED) is 0.142. The van der Waals surface area contributed by atoms with Gasteiger partial charge in [-0.2, -0.15) is 0 Å². The monoisotopic (exact) mass is 585 g/mol. The van der Waals surface area contributed by atoms with E-state index in [-0.39, 0.29) is 17.4 Å². The van der Waals surface area contributed by atoms with Crippen molar-refractivity contribution in [2.45, 2.75) is 85.3 Å². The molecule has 0 aromatic heterocycles. The van der Waals surface area contributed by atoms with Gasteiger partial charge < -0.3 is 29.8 Å². The van der Waals surface area contributed by atoms with Crippen molar-refractivity contribution in [1.29, 1.82) is 0 Å². The zero-order chi connectivity index (χ0) is 31.4. The number of carbonyl (C=O) groups is 4. The van der Waals surface area contributed by atoms with E-state index < -0.39 is 54.0 Å². The first-order valence-electron chi connectivity index (χ1n) is 14.4. The molecule has 0 heterocycles. The summed E-state index contributed by atoms with van der Waals surface area (Å²) in [4.78, 5) is 50.1. The molecule has 0 aliphatic carbocycles. The largest absolute Gasteiger partial charge is 0.514 e. The van der Waals surface area contributed by atoms with Crippen LogP contribution in [0.4, 0.5) is 4.79 Å². The topological polar surface area (TPSA) is 151 Å². The van der Waals surface area contributed by atoms with Gasteiger partial charge in [-0.1, -0.05) is 71.7 Å². The number of carboxylic acids is 1. The van der Waals surface area contributed by atoms with Crippen molar-refractivity contribution >= 4 is 24.1 Å². The molecule has 6 atom stereocenters. The number of aliphatic carboxylic acids is 1. The van der Waals surface area contributed by atoms with Crippen LogP contribution in [-0.4, -0.2) is 41.3 Å². The standard InChI is InChI=1S/C32H43NO9/c1-7-12-19(3)30(36)41-25-17-16-23(18-26(25)42-31(37)20(4)13-8-2)27(28(33)29(34)35)21(5)22(6)39-32(38)40-24-14-10-9-11-15-24/h9-11,14-22,27-28H,7-8,12-13,33H2,1-6H3,(H,34,35)/t19?,20?,21?,22?,27?,28-/m0/s1. The number of para-hydroxylation sites is 1. The fraction of sp³-hybridized carbons (Fsp3) is 0.500. The Labute approximate surface area is 247 Å². The molecule has 5 unspecified atom stereocenters. The van der Waals surface area contributed by atoms with Crippen molar-refractivity contribution < 1.29 is 43.2 Å². The maximum Gasteiger partial charge on any atom is 0.514 e. The predicted molar refractivity (Wildman–Crippen MR) is 156 cm³/mol. The minimum absolute atomic E-state index is 0.0238. The summed E-state index contributed by atoms with van der Waals surface area (Å²) in [6.45, 7) is 10.7. The Balaban J connectivity index is 2.43. The Morgan fingerprint density at radius 1 is 0.786 bits per heavy atom. The first kappa shape index (κ1) is 34.3. The highest BCUT2D eigenvalue weighted by molar-refractivity contribution is 5.79. The molecule has 0 aliphatic rings. The number of carbonyl (C=O) groups excluding carboxylic acids is 3. The van der Waals surface area contributed by atoms with Crippen LogP contribution < -0.4 is 19.9 Å². The molecule has 0 amide bonds. The first-order valence-corrected chi connectivity index (χ1v) is 14.4. The summed E-state index contributed by atoms with van der Waals surface area (Å²) in [5.74, 6) is -4.26. The van der Waals surface area contributed by atoms with Crippen molar-refractivity contribution in [3.05, 3.63) is 54.1 Å². The molecule has 0 saturated carbocycles. The van der Waals surface area contributed by atoms with Gasteiger partial charge in [0.2, 0.25) is 0 Å². The van der Waals surface area contributed by atoms with E-state index in [2.05, 4.69) is 0 Å². The summed E-state index contributed by atoms with van der Waals surface area (Å²) in [5, 5.41) is 9.84. The number of esters is 2. The van der Waals surface area contributed by atoms with Crippen LogP contribution in [0.25, 0.3) is 0 Å². The van der Waals surface area contributed by atoms with Gasteiger partial charge in [0.05, 0.1) is 11.8 Å². The summed E-state index contributed by atoms with van der Waals surface area (Å²) in [6, 6.07) is 11.5. The van der Waals surface area contributed by atoms with Crippen LogP contribution in [0.1, 0.15) is 78.7 Å². The lowest BCUT2D eigenvalue weighted by Crippen LogP contribution is -2.43. The van der Waals surface area contributed by atoms with E-state index in [0.717, 1.165) is 12.8 Å². The van der Waals surface area contributed by atoms with Crippen molar-refractivity contribution in [1.82, 2.24) is 0 Å². The van der Waals surface area contributed by atoms with Crippen molar-refractivity contribution in [3.8, 4) is 17.2 Å². The number of hydrogen-bond donors (Lipinski definition) is 2. The van der Waals surface area contributed by atoms with Gasteiger partial charge in [-0.25, -0.2) is 4.79 Å². The maximum absolute atomic E-state index is 12.9. The molecular weight excluding hydrogens is 542 g/mol. The molecule has 230 valence electrons. The van der Waals surface area contributed by atoms with Crippen LogP contribution in [0.15, 0.2) is 48.5 Å². The highest BCUT2D eigenvalue weighted by Gasteiger charge is 2.36. The normalized spacial score (nSPS) is 15.3. The fourth-order valence-corrected chi connectivity index (χ4v) is 4.57. The molecular formula is C32H43NO9. The minimum atomic E-state index is -1.41. The molecule has 0 spiro atoms. The van der Waals surface area contributed by atoms with Gasteiger partial charge in [-0.05, 0) is 49.6 Å². The van der Waals surface area contributed by atoms with E-state index in [1.807, 2.05) is 13.8 Å². The molecule has 0 saturated heterocycles. The van der Waals surface area contributed by atoms with E-state index in [0.29, 0.717) is 24.2 Å². The number of hydrogen-bond acceptors (Lipinski definition) is 9. The van der Waals surface area contributed by atoms with Gasteiger partial charge in [-0.3, -0.25) is 14.4 Å². The lowest BCUT2D eigenvalue weighted by atomic mass is 9.79. The average molecular weight is 586 g/mol. The number of rotatable bonds is 15. The molecule has 0 bridgehead atoms. The van der Waals surface area contributed by atoms with Crippen LogP contribution in [0, 0.1) is 17.8 Å². The second-order valence-corrected chi connectivity index (χ2v) is 10.7. The molecule has 0 fully saturated rings. The Hall–Kier alpha value is -3.92. The second kappa shape index (κ2) is 16.5. The van der Waals surface area contributed by atoms with Gasteiger partial charge in [-0.15, -0.1) is 0 Å². The molecule has 0 aliphatic heterocycles. The van der Waals surface area contributed by atoms with Crippen LogP contribution in [0.5, 0.6) is 17.2 Å². The first-order chi connectivity index (χ1) is 19.9. The highest BCUT2D eigenvalue weighted by Crippen LogP contribution is 2.38. The Morgan fingerprint density at radius 2 is 1.33 bits per heavy atom. The van der Waals surface area contributed by atoms with Crippen molar-refractivity contribution in [3.63, 3.8) is 0 Å². The highest BCUT2D eigenvalue weighted by atomic mass is 16.7. The number of nitrogens with two attached hydrogens (primary N) is 1. The van der Waals surface area contributed by atoms with E-state index in [1.54, 1.807) is 64.1 Å². The van der Waals surface area contributed by atoms with Gasteiger partial charge in [0, 0.05) is 11.8 Å². The Kier molecular flexibility index (Phi) is 13.5. The van der Waals surface area contributed by atoms with E-state index >= 15 is 0 Å².